The Bertz CT molecular complexity index is 805. The van der Waals surface area contributed by atoms with Gasteiger partial charge in [-0.15, -0.1) is 0 Å². The molecular formula is C19H19N3O3. The van der Waals surface area contributed by atoms with Crippen LogP contribution in [0.15, 0.2) is 54.6 Å². The molecular weight excluding hydrogens is 318 g/mol. The van der Waals surface area contributed by atoms with E-state index in [1.165, 1.54) is 0 Å². The highest BCUT2D eigenvalue weighted by molar-refractivity contribution is 6.35. The summed E-state index contributed by atoms with van der Waals surface area (Å²) in [5, 5.41) is 5.10. The first-order valence-corrected chi connectivity index (χ1v) is 8.14. The lowest BCUT2D eigenvalue weighted by Gasteiger charge is -2.15. The minimum absolute atomic E-state index is 0.229. The molecule has 2 aromatic rings. The molecule has 0 aromatic heterocycles. The minimum Gasteiger partial charge on any atom is -0.344 e. The molecule has 0 spiro atoms. The standard InChI is InChI=1S/C19H19N3O3/c1-2-22-15-11-7-6-10-14(15)16(19(22)25)21-18(24)17(23)20-12-13-8-4-3-5-9-13/h3-11,16H,2,12H2,1H3,(H,20,23)(H,21,24)/t16-/m1/s1. The molecule has 0 fully saturated rings. The zero-order chi connectivity index (χ0) is 17.8. The summed E-state index contributed by atoms with van der Waals surface area (Å²) >= 11 is 0. The Labute approximate surface area is 145 Å². The van der Waals surface area contributed by atoms with Crippen molar-refractivity contribution in [3.05, 3.63) is 65.7 Å². The van der Waals surface area contributed by atoms with Gasteiger partial charge in [0.2, 0.25) is 0 Å². The van der Waals surface area contributed by atoms with Gasteiger partial charge in [0.15, 0.2) is 0 Å². The average molecular weight is 337 g/mol. The average Bonchev–Trinajstić information content (AvgIpc) is 2.91. The monoisotopic (exact) mass is 337 g/mol. The van der Waals surface area contributed by atoms with Gasteiger partial charge in [-0.25, -0.2) is 0 Å². The Balaban J connectivity index is 1.66. The normalized spacial score (nSPS) is 15.6. The van der Waals surface area contributed by atoms with E-state index in [4.69, 9.17) is 0 Å². The molecule has 6 nitrogen and oxygen atoms in total. The van der Waals surface area contributed by atoms with Gasteiger partial charge in [0.1, 0.15) is 6.04 Å². The number of amides is 3. The fraction of sp³-hybridized carbons (Fsp3) is 0.211. The Morgan fingerprint density at radius 3 is 2.40 bits per heavy atom. The van der Waals surface area contributed by atoms with Crippen molar-refractivity contribution in [3.63, 3.8) is 0 Å². The Morgan fingerprint density at radius 1 is 1.00 bits per heavy atom. The number of para-hydroxylation sites is 1. The van der Waals surface area contributed by atoms with Crippen molar-refractivity contribution in [3.8, 4) is 0 Å². The zero-order valence-electron chi connectivity index (χ0n) is 13.9. The molecule has 3 rings (SSSR count). The summed E-state index contributed by atoms with van der Waals surface area (Å²) < 4.78 is 0. The number of benzene rings is 2. The van der Waals surface area contributed by atoms with E-state index in [0.717, 1.165) is 11.3 Å². The van der Waals surface area contributed by atoms with Gasteiger partial charge in [0, 0.05) is 24.3 Å². The number of hydrogen-bond acceptors (Lipinski definition) is 3. The highest BCUT2D eigenvalue weighted by Crippen LogP contribution is 2.35. The van der Waals surface area contributed by atoms with Gasteiger partial charge in [-0.05, 0) is 18.6 Å². The maximum Gasteiger partial charge on any atom is 0.310 e. The van der Waals surface area contributed by atoms with E-state index >= 15 is 0 Å². The molecule has 25 heavy (non-hydrogen) atoms. The van der Waals surface area contributed by atoms with Gasteiger partial charge in [-0.1, -0.05) is 48.5 Å². The minimum atomic E-state index is -0.828. The lowest BCUT2D eigenvalue weighted by Crippen LogP contribution is -2.44. The summed E-state index contributed by atoms with van der Waals surface area (Å²) in [6.07, 6.45) is 0. The molecule has 2 aromatic carbocycles. The van der Waals surface area contributed by atoms with Gasteiger partial charge in [-0.2, -0.15) is 0 Å². The highest BCUT2D eigenvalue weighted by atomic mass is 16.2. The SMILES string of the molecule is CCN1C(=O)[C@H](NC(=O)C(=O)NCc2ccccc2)c2ccccc21. The van der Waals surface area contributed by atoms with E-state index in [0.29, 0.717) is 12.1 Å². The lowest BCUT2D eigenvalue weighted by molar-refractivity contribution is -0.140. The van der Waals surface area contributed by atoms with Crippen LogP contribution in [0, 0.1) is 0 Å². The molecule has 0 saturated carbocycles. The number of anilines is 1. The zero-order valence-corrected chi connectivity index (χ0v) is 13.9. The quantitative estimate of drug-likeness (QED) is 0.831. The molecule has 6 heteroatoms. The van der Waals surface area contributed by atoms with Crippen LogP contribution in [0.4, 0.5) is 5.69 Å². The van der Waals surface area contributed by atoms with Crippen LogP contribution < -0.4 is 15.5 Å². The van der Waals surface area contributed by atoms with Crippen molar-refractivity contribution in [2.45, 2.75) is 19.5 Å². The third-order valence-electron chi connectivity index (χ3n) is 4.15. The van der Waals surface area contributed by atoms with Crippen LogP contribution in [0.5, 0.6) is 0 Å². The largest absolute Gasteiger partial charge is 0.344 e. The second-order valence-corrected chi connectivity index (χ2v) is 5.72. The summed E-state index contributed by atoms with van der Waals surface area (Å²) in [6.45, 7) is 2.62. The molecule has 0 saturated heterocycles. The number of nitrogens with zero attached hydrogens (tertiary/aromatic N) is 1. The Morgan fingerprint density at radius 2 is 1.68 bits per heavy atom. The van der Waals surface area contributed by atoms with Crippen molar-refractivity contribution < 1.29 is 14.4 Å². The first kappa shape index (κ1) is 16.7. The molecule has 0 aliphatic carbocycles. The fourth-order valence-corrected chi connectivity index (χ4v) is 2.91. The van der Waals surface area contributed by atoms with E-state index in [1.54, 1.807) is 17.0 Å². The number of nitrogens with one attached hydrogen (secondary N) is 2. The number of likely N-dealkylation sites (N-methyl/N-ethyl adjacent to an activating group) is 1. The maximum atomic E-state index is 12.5. The first-order chi connectivity index (χ1) is 12.1. The van der Waals surface area contributed by atoms with E-state index in [-0.39, 0.29) is 12.5 Å². The predicted octanol–water partition coefficient (Wildman–Crippen LogP) is 1.53. The predicted molar refractivity (Wildman–Crippen MR) is 93.6 cm³/mol. The lowest BCUT2D eigenvalue weighted by atomic mass is 10.1. The van der Waals surface area contributed by atoms with Gasteiger partial charge < -0.3 is 15.5 Å². The molecule has 1 aliphatic heterocycles. The molecule has 1 aliphatic rings. The smallest absolute Gasteiger partial charge is 0.310 e. The van der Waals surface area contributed by atoms with Crippen LogP contribution in [0.25, 0.3) is 0 Å². The third kappa shape index (κ3) is 3.38. The van der Waals surface area contributed by atoms with Crippen LogP contribution >= 0.6 is 0 Å². The third-order valence-corrected chi connectivity index (χ3v) is 4.15. The van der Waals surface area contributed by atoms with Crippen molar-refractivity contribution in [1.29, 1.82) is 0 Å². The number of fused-ring (bicyclic) bond motifs is 1. The van der Waals surface area contributed by atoms with E-state index in [9.17, 15) is 14.4 Å². The summed E-state index contributed by atoms with van der Waals surface area (Å²) in [6, 6.07) is 15.7. The van der Waals surface area contributed by atoms with Gasteiger partial charge in [0.25, 0.3) is 5.91 Å². The molecule has 0 bridgehead atoms. The summed E-state index contributed by atoms with van der Waals surface area (Å²) in [5.41, 5.74) is 2.37. The number of rotatable bonds is 4. The molecule has 3 amide bonds. The first-order valence-electron chi connectivity index (χ1n) is 8.14. The van der Waals surface area contributed by atoms with Gasteiger partial charge in [-0.3, -0.25) is 14.4 Å². The van der Waals surface area contributed by atoms with Crippen molar-refractivity contribution >= 4 is 23.4 Å². The second-order valence-electron chi connectivity index (χ2n) is 5.72. The van der Waals surface area contributed by atoms with Crippen molar-refractivity contribution in [2.24, 2.45) is 0 Å². The Hall–Kier alpha value is -3.15. The summed E-state index contributed by atoms with van der Waals surface area (Å²) in [4.78, 5) is 38.3. The Kier molecular flexibility index (Phi) is 4.79. The highest BCUT2D eigenvalue weighted by Gasteiger charge is 2.37. The maximum absolute atomic E-state index is 12.5. The van der Waals surface area contributed by atoms with Gasteiger partial charge >= 0.3 is 11.8 Å². The summed E-state index contributed by atoms with van der Waals surface area (Å²) in [7, 11) is 0. The molecule has 128 valence electrons. The molecule has 2 N–H and O–H groups in total. The van der Waals surface area contributed by atoms with Crippen LogP contribution in [0.3, 0.4) is 0 Å². The number of carbonyl (C=O) groups excluding carboxylic acids is 3. The van der Waals surface area contributed by atoms with Crippen molar-refractivity contribution in [1.82, 2.24) is 10.6 Å². The molecule has 1 heterocycles. The van der Waals surface area contributed by atoms with Crippen LogP contribution in [-0.4, -0.2) is 24.3 Å². The summed E-state index contributed by atoms with van der Waals surface area (Å²) in [5.74, 6) is -1.81. The second kappa shape index (κ2) is 7.17. The van der Waals surface area contributed by atoms with E-state index in [2.05, 4.69) is 10.6 Å². The molecule has 0 radical (unpaired) electrons. The van der Waals surface area contributed by atoms with Gasteiger partial charge in [0.05, 0.1) is 0 Å². The number of hydrogen-bond donors (Lipinski definition) is 2. The fourth-order valence-electron chi connectivity index (χ4n) is 2.91. The van der Waals surface area contributed by atoms with Crippen LogP contribution in [-0.2, 0) is 20.9 Å². The molecule has 0 unspecified atom stereocenters. The van der Waals surface area contributed by atoms with Crippen LogP contribution in [0.1, 0.15) is 24.1 Å². The van der Waals surface area contributed by atoms with Crippen LogP contribution in [0.2, 0.25) is 0 Å². The topological polar surface area (TPSA) is 78.5 Å². The molecule has 1 atom stereocenters. The van der Waals surface area contributed by atoms with Crippen molar-refractivity contribution in [2.75, 3.05) is 11.4 Å². The number of carbonyl (C=O) groups is 3. The van der Waals surface area contributed by atoms with E-state index < -0.39 is 17.9 Å². The van der Waals surface area contributed by atoms with E-state index in [1.807, 2.05) is 49.4 Å².